The average Bonchev–Trinajstić information content (AvgIpc) is 2.51. The van der Waals surface area contributed by atoms with Crippen LogP contribution in [0.1, 0.15) is 5.56 Å². The molecule has 0 aliphatic rings. The first-order valence-electron chi connectivity index (χ1n) is 6.46. The van der Waals surface area contributed by atoms with Crippen molar-refractivity contribution < 1.29 is 9.90 Å². The van der Waals surface area contributed by atoms with Gasteiger partial charge in [0, 0.05) is 29.2 Å². The largest absolute Gasteiger partial charge is 0.478 e. The standard InChI is InChI=1S/C17H12N2O2/c20-15(21)6-2-1-4-12-9-11-19-17-14(12)8-7-13-5-3-10-18-16(13)17/h1-11H,(H,20,21). The molecule has 1 aromatic carbocycles. The van der Waals surface area contributed by atoms with E-state index >= 15 is 0 Å². The van der Waals surface area contributed by atoms with Crippen molar-refractivity contribution in [3.05, 3.63) is 66.5 Å². The summed E-state index contributed by atoms with van der Waals surface area (Å²) in [6.07, 6.45) is 9.63. The van der Waals surface area contributed by atoms with Gasteiger partial charge in [-0.2, -0.15) is 0 Å². The number of allylic oxidation sites excluding steroid dienone is 2. The lowest BCUT2D eigenvalue weighted by atomic mass is 10.1. The van der Waals surface area contributed by atoms with Gasteiger partial charge in [0.05, 0.1) is 11.0 Å². The molecule has 3 aromatic rings. The molecule has 4 nitrogen and oxygen atoms in total. The van der Waals surface area contributed by atoms with Gasteiger partial charge in [0.1, 0.15) is 0 Å². The number of aromatic nitrogens is 2. The van der Waals surface area contributed by atoms with E-state index in [1.807, 2.05) is 36.4 Å². The second-order valence-electron chi connectivity index (χ2n) is 4.49. The summed E-state index contributed by atoms with van der Waals surface area (Å²) in [6, 6.07) is 9.81. The van der Waals surface area contributed by atoms with Gasteiger partial charge in [0.25, 0.3) is 0 Å². The Hall–Kier alpha value is -3.01. The van der Waals surface area contributed by atoms with Gasteiger partial charge in [0.15, 0.2) is 0 Å². The summed E-state index contributed by atoms with van der Waals surface area (Å²) < 4.78 is 0. The van der Waals surface area contributed by atoms with E-state index in [-0.39, 0.29) is 0 Å². The highest BCUT2D eigenvalue weighted by Crippen LogP contribution is 2.24. The first kappa shape index (κ1) is 13.0. The van der Waals surface area contributed by atoms with E-state index in [4.69, 9.17) is 5.11 Å². The van der Waals surface area contributed by atoms with Crippen LogP contribution in [-0.2, 0) is 4.79 Å². The number of carboxylic acid groups (broad SMARTS) is 1. The van der Waals surface area contributed by atoms with Gasteiger partial charge in [-0.25, -0.2) is 4.79 Å². The van der Waals surface area contributed by atoms with E-state index < -0.39 is 5.97 Å². The minimum atomic E-state index is -0.963. The zero-order valence-electron chi connectivity index (χ0n) is 11.1. The molecule has 0 bridgehead atoms. The average molecular weight is 276 g/mol. The Labute approximate surface area is 121 Å². The Kier molecular flexibility index (Phi) is 3.43. The van der Waals surface area contributed by atoms with Crippen LogP contribution in [0, 0.1) is 0 Å². The smallest absolute Gasteiger partial charge is 0.328 e. The Bertz CT molecular complexity index is 882. The summed E-state index contributed by atoms with van der Waals surface area (Å²) in [6.45, 7) is 0. The molecule has 102 valence electrons. The summed E-state index contributed by atoms with van der Waals surface area (Å²) >= 11 is 0. The third-order valence-electron chi connectivity index (χ3n) is 3.14. The van der Waals surface area contributed by atoms with Gasteiger partial charge < -0.3 is 5.11 Å². The SMILES string of the molecule is O=C(O)C=CC=Cc1ccnc2c1ccc1cccnc12. The van der Waals surface area contributed by atoms with Crippen LogP contribution in [0.15, 0.2) is 61.0 Å². The Balaban J connectivity index is 2.12. The minimum Gasteiger partial charge on any atom is -0.478 e. The van der Waals surface area contributed by atoms with Crippen molar-refractivity contribution in [2.24, 2.45) is 0 Å². The van der Waals surface area contributed by atoms with E-state index in [1.165, 1.54) is 6.08 Å². The summed E-state index contributed by atoms with van der Waals surface area (Å²) in [5.41, 5.74) is 2.69. The molecule has 0 spiro atoms. The van der Waals surface area contributed by atoms with Gasteiger partial charge >= 0.3 is 5.97 Å². The number of carbonyl (C=O) groups is 1. The third kappa shape index (κ3) is 2.65. The van der Waals surface area contributed by atoms with Crippen molar-refractivity contribution in [1.82, 2.24) is 9.97 Å². The molecule has 0 unspecified atom stereocenters. The quantitative estimate of drug-likeness (QED) is 0.452. The van der Waals surface area contributed by atoms with Gasteiger partial charge in [-0.1, -0.05) is 36.4 Å². The van der Waals surface area contributed by atoms with Gasteiger partial charge in [0.2, 0.25) is 0 Å². The maximum absolute atomic E-state index is 10.4. The summed E-state index contributed by atoms with van der Waals surface area (Å²) in [5.74, 6) is -0.963. The van der Waals surface area contributed by atoms with Crippen LogP contribution in [0.4, 0.5) is 0 Å². The molecule has 0 fully saturated rings. The number of pyridine rings is 2. The molecule has 1 N–H and O–H groups in total. The highest BCUT2D eigenvalue weighted by atomic mass is 16.4. The number of rotatable bonds is 3. The molecule has 0 aliphatic carbocycles. The van der Waals surface area contributed by atoms with Crippen LogP contribution in [-0.4, -0.2) is 21.0 Å². The zero-order valence-corrected chi connectivity index (χ0v) is 11.1. The van der Waals surface area contributed by atoms with Gasteiger partial charge in [-0.15, -0.1) is 0 Å². The minimum absolute atomic E-state index is 0.845. The lowest BCUT2D eigenvalue weighted by Crippen LogP contribution is -1.87. The normalized spacial score (nSPS) is 11.8. The van der Waals surface area contributed by atoms with Crippen LogP contribution in [0.5, 0.6) is 0 Å². The molecule has 0 atom stereocenters. The first-order valence-corrected chi connectivity index (χ1v) is 6.46. The van der Waals surface area contributed by atoms with Crippen molar-refractivity contribution in [2.75, 3.05) is 0 Å². The molecule has 0 radical (unpaired) electrons. The van der Waals surface area contributed by atoms with Crippen LogP contribution < -0.4 is 0 Å². The van der Waals surface area contributed by atoms with Gasteiger partial charge in [-0.3, -0.25) is 9.97 Å². The number of hydrogen-bond donors (Lipinski definition) is 1. The van der Waals surface area contributed by atoms with Crippen molar-refractivity contribution in [1.29, 1.82) is 0 Å². The van der Waals surface area contributed by atoms with Crippen molar-refractivity contribution in [3.8, 4) is 0 Å². The number of benzene rings is 1. The molecule has 2 heterocycles. The van der Waals surface area contributed by atoms with Crippen LogP contribution >= 0.6 is 0 Å². The summed E-state index contributed by atoms with van der Waals surface area (Å²) in [4.78, 5) is 19.2. The molecule has 0 saturated carbocycles. The molecule has 4 heteroatoms. The third-order valence-corrected chi connectivity index (χ3v) is 3.14. The first-order chi connectivity index (χ1) is 10.3. The Morgan fingerprint density at radius 3 is 2.71 bits per heavy atom. The molecule has 3 rings (SSSR count). The summed E-state index contributed by atoms with van der Waals surface area (Å²) in [5, 5.41) is 10.6. The predicted octanol–water partition coefficient (Wildman–Crippen LogP) is 3.44. The van der Waals surface area contributed by atoms with E-state index in [9.17, 15) is 4.79 Å². The number of nitrogens with zero attached hydrogens (tertiary/aromatic N) is 2. The molecule has 0 aliphatic heterocycles. The number of fused-ring (bicyclic) bond motifs is 3. The molecule has 0 amide bonds. The molecular formula is C17H12N2O2. The van der Waals surface area contributed by atoms with E-state index in [2.05, 4.69) is 9.97 Å². The highest BCUT2D eigenvalue weighted by Gasteiger charge is 2.04. The highest BCUT2D eigenvalue weighted by molar-refractivity contribution is 6.05. The lowest BCUT2D eigenvalue weighted by molar-refractivity contribution is -0.131. The molecule has 0 saturated heterocycles. The van der Waals surface area contributed by atoms with Gasteiger partial charge in [-0.05, 0) is 17.7 Å². The second kappa shape index (κ2) is 5.54. The number of aliphatic carboxylic acids is 1. The van der Waals surface area contributed by atoms with Crippen LogP contribution in [0.3, 0.4) is 0 Å². The number of carboxylic acids is 1. The van der Waals surface area contributed by atoms with Crippen LogP contribution in [0.25, 0.3) is 27.9 Å². The topological polar surface area (TPSA) is 63.1 Å². The summed E-state index contributed by atoms with van der Waals surface area (Å²) in [7, 11) is 0. The second-order valence-corrected chi connectivity index (χ2v) is 4.49. The van der Waals surface area contributed by atoms with E-state index in [0.717, 1.165) is 33.4 Å². The van der Waals surface area contributed by atoms with Crippen LogP contribution in [0.2, 0.25) is 0 Å². The molecule has 21 heavy (non-hydrogen) atoms. The fourth-order valence-electron chi connectivity index (χ4n) is 2.22. The maximum Gasteiger partial charge on any atom is 0.328 e. The molecular weight excluding hydrogens is 264 g/mol. The van der Waals surface area contributed by atoms with E-state index in [0.29, 0.717) is 0 Å². The van der Waals surface area contributed by atoms with Crippen molar-refractivity contribution >= 4 is 33.9 Å². The monoisotopic (exact) mass is 276 g/mol. The lowest BCUT2D eigenvalue weighted by Gasteiger charge is -2.04. The van der Waals surface area contributed by atoms with E-state index in [1.54, 1.807) is 18.5 Å². The van der Waals surface area contributed by atoms with Crippen molar-refractivity contribution in [3.63, 3.8) is 0 Å². The predicted molar refractivity (Wildman–Crippen MR) is 82.9 cm³/mol. The zero-order chi connectivity index (χ0) is 14.7. The maximum atomic E-state index is 10.4. The fraction of sp³-hybridized carbons (Fsp3) is 0. The fourth-order valence-corrected chi connectivity index (χ4v) is 2.22. The number of hydrogen-bond acceptors (Lipinski definition) is 3. The Morgan fingerprint density at radius 1 is 1.00 bits per heavy atom. The Morgan fingerprint density at radius 2 is 1.86 bits per heavy atom. The molecule has 2 aromatic heterocycles. The van der Waals surface area contributed by atoms with Crippen molar-refractivity contribution in [2.45, 2.75) is 0 Å².